The van der Waals surface area contributed by atoms with Gasteiger partial charge in [0.1, 0.15) is 10.5 Å². The van der Waals surface area contributed by atoms with Crippen LogP contribution in [0.15, 0.2) is 16.2 Å². The third kappa shape index (κ3) is 3.12. The van der Waals surface area contributed by atoms with E-state index in [1.807, 2.05) is 16.3 Å². The van der Waals surface area contributed by atoms with Crippen molar-refractivity contribution in [2.45, 2.75) is 19.0 Å². The molecule has 0 radical (unpaired) electrons. The summed E-state index contributed by atoms with van der Waals surface area (Å²) in [5, 5.41) is 10.8. The summed E-state index contributed by atoms with van der Waals surface area (Å²) < 4.78 is 5.95. The molecule has 3 rings (SSSR count). The molecule has 0 bridgehead atoms. The van der Waals surface area contributed by atoms with Gasteiger partial charge in [0.25, 0.3) is 5.56 Å². The normalized spacial score (nSPS) is 19.9. The molecule has 0 amide bonds. The summed E-state index contributed by atoms with van der Waals surface area (Å²) in [6.45, 7) is 1.99. The molecule has 0 saturated carbocycles. The van der Waals surface area contributed by atoms with Crippen LogP contribution in [0.2, 0.25) is 0 Å². The zero-order valence-electron chi connectivity index (χ0n) is 11.2. The first-order chi connectivity index (χ1) is 10.1. The molecule has 7 nitrogen and oxygen atoms in total. The summed E-state index contributed by atoms with van der Waals surface area (Å²) >= 11 is 1.36. The van der Waals surface area contributed by atoms with Gasteiger partial charge in [0, 0.05) is 12.6 Å². The molecule has 112 valence electrons. The minimum Gasteiger partial charge on any atom is -0.481 e. The van der Waals surface area contributed by atoms with Gasteiger partial charge < -0.3 is 14.8 Å². The highest BCUT2D eigenvalue weighted by molar-refractivity contribution is 7.17. The number of carboxylic acid groups (broad SMARTS) is 1. The Labute approximate surface area is 124 Å². The van der Waals surface area contributed by atoms with Gasteiger partial charge in [0.2, 0.25) is 0 Å². The summed E-state index contributed by atoms with van der Waals surface area (Å²) in [6.07, 6.45) is 0.0188. The minimum absolute atomic E-state index is 0.0188. The number of hydrogen-bond donors (Lipinski definition) is 2. The van der Waals surface area contributed by atoms with Gasteiger partial charge in [-0.05, 0) is 11.4 Å². The number of thiophene rings is 1. The quantitative estimate of drug-likeness (QED) is 0.861. The molecule has 1 unspecified atom stereocenters. The Hall–Kier alpha value is -1.77. The smallest absolute Gasteiger partial charge is 0.305 e. The summed E-state index contributed by atoms with van der Waals surface area (Å²) in [6, 6.07) is 1.62. The van der Waals surface area contributed by atoms with E-state index in [1.54, 1.807) is 0 Å². The van der Waals surface area contributed by atoms with Crippen molar-refractivity contribution in [2.24, 2.45) is 0 Å². The zero-order chi connectivity index (χ0) is 14.8. The second-order valence-electron chi connectivity index (χ2n) is 4.94. The van der Waals surface area contributed by atoms with Crippen LogP contribution in [0.5, 0.6) is 0 Å². The van der Waals surface area contributed by atoms with Gasteiger partial charge in [-0.15, -0.1) is 11.3 Å². The number of aromatic amines is 1. The van der Waals surface area contributed by atoms with Crippen molar-refractivity contribution in [2.75, 3.05) is 19.8 Å². The van der Waals surface area contributed by atoms with Crippen LogP contribution >= 0.6 is 11.3 Å². The highest BCUT2D eigenvalue weighted by Gasteiger charge is 2.26. The van der Waals surface area contributed by atoms with Gasteiger partial charge in [-0.3, -0.25) is 14.5 Å². The lowest BCUT2D eigenvalue weighted by atomic mass is 10.1. The van der Waals surface area contributed by atoms with Crippen LogP contribution in [-0.4, -0.2) is 51.7 Å². The van der Waals surface area contributed by atoms with Gasteiger partial charge >= 0.3 is 5.97 Å². The predicted octanol–water partition coefficient (Wildman–Crippen LogP) is 0.660. The van der Waals surface area contributed by atoms with Gasteiger partial charge in [-0.1, -0.05) is 0 Å². The van der Waals surface area contributed by atoms with Gasteiger partial charge in [-0.2, -0.15) is 0 Å². The van der Waals surface area contributed by atoms with Crippen LogP contribution in [0.4, 0.5) is 0 Å². The van der Waals surface area contributed by atoms with E-state index in [2.05, 4.69) is 9.97 Å². The summed E-state index contributed by atoms with van der Waals surface area (Å²) in [7, 11) is 0. The number of morpholine rings is 1. The fourth-order valence-electron chi connectivity index (χ4n) is 2.48. The molecule has 2 N–H and O–H groups in total. The van der Waals surface area contributed by atoms with Crippen molar-refractivity contribution in [1.29, 1.82) is 0 Å². The third-order valence-electron chi connectivity index (χ3n) is 3.48. The number of carboxylic acids is 1. The van der Waals surface area contributed by atoms with E-state index in [0.717, 1.165) is 0 Å². The Morgan fingerprint density at radius 3 is 3.29 bits per heavy atom. The molecule has 8 heteroatoms. The Morgan fingerprint density at radius 1 is 1.62 bits per heavy atom. The van der Waals surface area contributed by atoms with E-state index >= 15 is 0 Å². The lowest BCUT2D eigenvalue weighted by molar-refractivity contribution is -0.140. The van der Waals surface area contributed by atoms with Crippen LogP contribution < -0.4 is 5.56 Å². The van der Waals surface area contributed by atoms with Crippen molar-refractivity contribution in [3.8, 4) is 0 Å². The molecule has 21 heavy (non-hydrogen) atoms. The molecule has 1 saturated heterocycles. The van der Waals surface area contributed by atoms with E-state index in [9.17, 15) is 9.59 Å². The molecular formula is C13H15N3O4S. The molecular weight excluding hydrogens is 294 g/mol. The number of rotatable bonds is 4. The Kier molecular flexibility index (Phi) is 4.00. The van der Waals surface area contributed by atoms with Gasteiger partial charge in [0.05, 0.1) is 31.7 Å². The van der Waals surface area contributed by atoms with Crippen LogP contribution in [0.1, 0.15) is 12.2 Å². The van der Waals surface area contributed by atoms with Crippen LogP contribution in [-0.2, 0) is 16.1 Å². The SMILES string of the molecule is O=C(O)CC1COCCN1Cc1nc2ccsc2c(=O)[nH]1. The average molecular weight is 309 g/mol. The number of fused-ring (bicyclic) bond motifs is 1. The van der Waals surface area contributed by atoms with E-state index in [4.69, 9.17) is 9.84 Å². The maximum absolute atomic E-state index is 11.9. The van der Waals surface area contributed by atoms with Crippen LogP contribution in [0.25, 0.3) is 10.2 Å². The van der Waals surface area contributed by atoms with Crippen molar-refractivity contribution >= 4 is 27.5 Å². The average Bonchev–Trinajstić information content (AvgIpc) is 2.89. The standard InChI is InChI=1S/C13H15N3O4S/c17-11(18)5-8-7-20-3-2-16(8)6-10-14-9-1-4-21-12(9)13(19)15-10/h1,4,8H,2-3,5-7H2,(H,17,18)(H,14,15,19). The molecule has 0 aromatic carbocycles. The topological polar surface area (TPSA) is 95.5 Å². The van der Waals surface area contributed by atoms with Crippen molar-refractivity contribution in [3.63, 3.8) is 0 Å². The molecule has 1 aliphatic rings. The molecule has 2 aromatic rings. The number of nitrogens with zero attached hydrogens (tertiary/aromatic N) is 2. The second-order valence-corrected chi connectivity index (χ2v) is 5.86. The summed E-state index contributed by atoms with van der Waals surface area (Å²) in [4.78, 5) is 32.0. The zero-order valence-corrected chi connectivity index (χ0v) is 12.1. The number of hydrogen-bond acceptors (Lipinski definition) is 6. The van der Waals surface area contributed by atoms with Crippen molar-refractivity contribution < 1.29 is 14.6 Å². The largest absolute Gasteiger partial charge is 0.481 e. The van der Waals surface area contributed by atoms with E-state index in [1.165, 1.54) is 11.3 Å². The molecule has 1 atom stereocenters. The first-order valence-electron chi connectivity index (χ1n) is 6.63. The molecule has 1 aliphatic heterocycles. The summed E-state index contributed by atoms with van der Waals surface area (Å²) in [5.74, 6) is -0.298. The van der Waals surface area contributed by atoms with Crippen LogP contribution in [0.3, 0.4) is 0 Å². The molecule has 1 fully saturated rings. The molecule has 3 heterocycles. The number of nitrogens with one attached hydrogen (secondary N) is 1. The van der Waals surface area contributed by atoms with E-state index in [-0.39, 0.29) is 18.0 Å². The second kappa shape index (κ2) is 5.92. The first kappa shape index (κ1) is 14.2. The summed E-state index contributed by atoms with van der Waals surface area (Å²) in [5.41, 5.74) is 0.537. The highest BCUT2D eigenvalue weighted by Crippen LogP contribution is 2.16. The van der Waals surface area contributed by atoms with Gasteiger partial charge in [0.15, 0.2) is 0 Å². The number of carbonyl (C=O) groups is 1. The van der Waals surface area contributed by atoms with Gasteiger partial charge in [-0.25, -0.2) is 4.98 Å². The Balaban J connectivity index is 1.82. The van der Waals surface area contributed by atoms with E-state index in [0.29, 0.717) is 42.3 Å². The van der Waals surface area contributed by atoms with E-state index < -0.39 is 5.97 Å². The molecule has 0 spiro atoms. The molecule has 0 aliphatic carbocycles. The fourth-order valence-corrected chi connectivity index (χ4v) is 3.20. The Bertz CT molecular complexity index is 711. The number of aromatic nitrogens is 2. The lowest BCUT2D eigenvalue weighted by Crippen LogP contribution is -2.46. The van der Waals surface area contributed by atoms with Crippen LogP contribution in [0, 0.1) is 0 Å². The number of H-pyrrole nitrogens is 1. The maximum atomic E-state index is 11.9. The lowest BCUT2D eigenvalue weighted by Gasteiger charge is -2.34. The third-order valence-corrected chi connectivity index (χ3v) is 4.38. The fraction of sp³-hybridized carbons (Fsp3) is 0.462. The molecule has 2 aromatic heterocycles. The minimum atomic E-state index is -0.856. The predicted molar refractivity (Wildman–Crippen MR) is 77.5 cm³/mol. The first-order valence-corrected chi connectivity index (χ1v) is 7.51. The number of aliphatic carboxylic acids is 1. The van der Waals surface area contributed by atoms with Crippen molar-refractivity contribution in [3.05, 3.63) is 27.6 Å². The highest BCUT2D eigenvalue weighted by atomic mass is 32.1. The number of ether oxygens (including phenoxy) is 1. The Morgan fingerprint density at radius 2 is 2.48 bits per heavy atom. The van der Waals surface area contributed by atoms with Crippen molar-refractivity contribution in [1.82, 2.24) is 14.9 Å². The monoisotopic (exact) mass is 309 g/mol. The maximum Gasteiger partial charge on any atom is 0.305 e.